The van der Waals surface area contributed by atoms with Gasteiger partial charge in [-0.1, -0.05) is 17.7 Å². The Balaban J connectivity index is 1.59. The molecule has 1 aliphatic heterocycles. The zero-order valence-electron chi connectivity index (χ0n) is 22.0. The lowest BCUT2D eigenvalue weighted by atomic mass is 10.1. The third-order valence-electron chi connectivity index (χ3n) is 6.83. The molecule has 4 aromatic rings. The van der Waals surface area contributed by atoms with E-state index in [2.05, 4.69) is 15.1 Å². The van der Waals surface area contributed by atoms with Crippen molar-refractivity contribution >= 4 is 54.1 Å². The van der Waals surface area contributed by atoms with Crippen molar-refractivity contribution < 1.29 is 34.4 Å². The van der Waals surface area contributed by atoms with E-state index >= 15 is 0 Å². The lowest BCUT2D eigenvalue weighted by Gasteiger charge is -2.42. The Morgan fingerprint density at radius 3 is 2.17 bits per heavy atom. The molecule has 0 saturated carbocycles. The van der Waals surface area contributed by atoms with Gasteiger partial charge in [-0.3, -0.25) is 0 Å². The summed E-state index contributed by atoms with van der Waals surface area (Å²) in [5.74, 6) is -1.14. The molecule has 0 bridgehead atoms. The van der Waals surface area contributed by atoms with Gasteiger partial charge < -0.3 is 9.80 Å². The van der Waals surface area contributed by atoms with Crippen LogP contribution in [0.5, 0.6) is 0 Å². The molecule has 1 fully saturated rings. The lowest BCUT2D eigenvalue weighted by molar-refractivity contribution is -0.148. The van der Waals surface area contributed by atoms with E-state index in [9.17, 15) is 34.4 Å². The Hall–Kier alpha value is -3.50. The average molecular weight is 647 g/mol. The molecule has 0 aliphatic carbocycles. The maximum absolute atomic E-state index is 14.4. The highest BCUT2D eigenvalue weighted by molar-refractivity contribution is 7.92. The second kappa shape index (κ2) is 10.6. The number of halogens is 5. The SMILES string of the molecule is CC(C)S(=O)(=O)c1ccc(S(=O)(=O)n2nc(N3CCN(c4ncc(F)cn4)CC3C(F)(F)F)c3c(Cl)cccc32)cc1. The van der Waals surface area contributed by atoms with Crippen LogP contribution in [-0.2, 0) is 19.9 Å². The van der Waals surface area contributed by atoms with Crippen LogP contribution in [0.2, 0.25) is 5.02 Å². The molecule has 0 N–H and O–H groups in total. The molecule has 224 valence electrons. The highest BCUT2D eigenvalue weighted by atomic mass is 35.5. The number of sulfone groups is 1. The number of piperazine rings is 1. The standard InChI is InChI=1S/C25H23ClF4N6O4S2/c1-15(2)41(37,38)17-6-8-18(9-7-17)42(39,40)36-20-5-3-4-19(26)22(20)23(33-36)35-11-10-34(14-21(35)25(28,29)30)24-31-12-16(27)13-32-24/h3-9,12-13,15,21H,10-11,14H2,1-2H3. The van der Waals surface area contributed by atoms with Gasteiger partial charge in [0.25, 0.3) is 10.0 Å². The van der Waals surface area contributed by atoms with E-state index in [1.807, 2.05) is 0 Å². The van der Waals surface area contributed by atoms with Crippen LogP contribution in [0.25, 0.3) is 10.9 Å². The van der Waals surface area contributed by atoms with E-state index in [0.717, 1.165) is 41.6 Å². The van der Waals surface area contributed by atoms with Crippen LogP contribution in [0.15, 0.2) is 64.6 Å². The summed E-state index contributed by atoms with van der Waals surface area (Å²) >= 11 is 6.40. The molecule has 1 saturated heterocycles. The van der Waals surface area contributed by atoms with Crippen LogP contribution in [-0.4, -0.2) is 73.1 Å². The number of aromatic nitrogens is 4. The lowest BCUT2D eigenvalue weighted by Crippen LogP contribution is -2.60. The van der Waals surface area contributed by atoms with E-state index in [1.54, 1.807) is 0 Å². The van der Waals surface area contributed by atoms with Gasteiger partial charge in [-0.25, -0.2) is 22.8 Å². The third-order valence-corrected chi connectivity index (χ3v) is 10.9. The Kier molecular flexibility index (Phi) is 7.60. The molecule has 2 aromatic carbocycles. The summed E-state index contributed by atoms with van der Waals surface area (Å²) < 4.78 is 110. The maximum Gasteiger partial charge on any atom is 0.410 e. The van der Waals surface area contributed by atoms with Gasteiger partial charge in [0.15, 0.2) is 21.5 Å². The van der Waals surface area contributed by atoms with Crippen molar-refractivity contribution in [3.8, 4) is 0 Å². The number of anilines is 2. The van der Waals surface area contributed by atoms with Crippen molar-refractivity contribution in [3.05, 3.63) is 65.7 Å². The molecular formula is C25H23ClF4N6O4S2. The smallest absolute Gasteiger partial charge is 0.339 e. The normalized spacial score (nSPS) is 16.9. The fraction of sp³-hybridized carbons (Fsp3) is 0.320. The van der Waals surface area contributed by atoms with E-state index in [1.165, 1.54) is 36.9 Å². The molecule has 1 atom stereocenters. The Morgan fingerprint density at radius 2 is 1.57 bits per heavy atom. The summed E-state index contributed by atoms with van der Waals surface area (Å²) in [6, 6.07) is 6.53. The van der Waals surface area contributed by atoms with E-state index in [0.29, 0.717) is 4.09 Å². The number of fused-ring (bicyclic) bond motifs is 1. The predicted octanol–water partition coefficient (Wildman–Crippen LogP) is 4.30. The minimum Gasteiger partial charge on any atom is -0.339 e. The molecule has 17 heteroatoms. The van der Waals surface area contributed by atoms with Gasteiger partial charge in [-0.2, -0.15) is 25.7 Å². The second-order valence-electron chi connectivity index (χ2n) is 9.77. The van der Waals surface area contributed by atoms with Crippen molar-refractivity contribution in [2.45, 2.75) is 41.1 Å². The van der Waals surface area contributed by atoms with Crippen molar-refractivity contribution in [2.24, 2.45) is 0 Å². The van der Waals surface area contributed by atoms with E-state index in [4.69, 9.17) is 11.6 Å². The minimum atomic E-state index is -4.80. The molecular weight excluding hydrogens is 624 g/mol. The molecule has 0 radical (unpaired) electrons. The molecule has 0 amide bonds. The zero-order chi connectivity index (χ0) is 30.6. The highest BCUT2D eigenvalue weighted by Gasteiger charge is 2.48. The number of alkyl halides is 3. The number of benzene rings is 2. The first kappa shape index (κ1) is 30.0. The van der Waals surface area contributed by atoms with Crippen LogP contribution in [0.4, 0.5) is 29.3 Å². The summed E-state index contributed by atoms with van der Waals surface area (Å²) in [5.41, 5.74) is -0.0680. The van der Waals surface area contributed by atoms with Gasteiger partial charge in [-0.05, 0) is 50.2 Å². The van der Waals surface area contributed by atoms with Gasteiger partial charge in [0.05, 0.1) is 49.9 Å². The van der Waals surface area contributed by atoms with Crippen molar-refractivity contribution in [1.29, 1.82) is 0 Å². The summed E-state index contributed by atoms with van der Waals surface area (Å²) in [5, 5.41) is 3.38. The summed E-state index contributed by atoms with van der Waals surface area (Å²) in [6.45, 7) is 2.04. The highest BCUT2D eigenvalue weighted by Crippen LogP contribution is 2.39. The number of hydrogen-bond acceptors (Lipinski definition) is 9. The second-order valence-corrected chi connectivity index (χ2v) is 14.4. The Bertz CT molecular complexity index is 1850. The quantitative estimate of drug-likeness (QED) is 0.283. The fourth-order valence-corrected chi connectivity index (χ4v) is 7.20. The van der Waals surface area contributed by atoms with Crippen molar-refractivity contribution in [1.82, 2.24) is 19.2 Å². The fourth-order valence-electron chi connectivity index (χ4n) is 4.61. The van der Waals surface area contributed by atoms with Crippen molar-refractivity contribution in [2.75, 3.05) is 29.4 Å². The number of nitrogens with zero attached hydrogens (tertiary/aromatic N) is 6. The van der Waals surface area contributed by atoms with Gasteiger partial charge in [0.1, 0.15) is 6.04 Å². The Morgan fingerprint density at radius 1 is 0.952 bits per heavy atom. The predicted molar refractivity (Wildman–Crippen MR) is 147 cm³/mol. The topological polar surface area (TPSA) is 118 Å². The third kappa shape index (κ3) is 5.26. The first-order valence-corrected chi connectivity index (χ1v) is 15.8. The van der Waals surface area contributed by atoms with Crippen LogP contribution >= 0.6 is 11.6 Å². The first-order valence-electron chi connectivity index (χ1n) is 12.4. The van der Waals surface area contributed by atoms with Gasteiger partial charge in [0, 0.05) is 13.1 Å². The summed E-state index contributed by atoms with van der Waals surface area (Å²) in [6.07, 6.45) is -3.10. The Labute approximate surface area is 243 Å². The van der Waals surface area contributed by atoms with Crippen LogP contribution < -0.4 is 9.80 Å². The van der Waals surface area contributed by atoms with Crippen LogP contribution in [0.1, 0.15) is 13.8 Å². The summed E-state index contributed by atoms with van der Waals surface area (Å²) in [4.78, 5) is 9.32. The van der Waals surface area contributed by atoms with Crippen molar-refractivity contribution in [3.63, 3.8) is 0 Å². The molecule has 1 unspecified atom stereocenters. The maximum atomic E-state index is 14.4. The molecule has 1 aliphatic rings. The van der Waals surface area contributed by atoms with Gasteiger partial charge >= 0.3 is 6.18 Å². The zero-order valence-corrected chi connectivity index (χ0v) is 24.4. The molecule has 42 heavy (non-hydrogen) atoms. The van der Waals surface area contributed by atoms with Gasteiger partial charge in [0.2, 0.25) is 5.95 Å². The largest absolute Gasteiger partial charge is 0.410 e. The number of hydrogen-bond donors (Lipinski definition) is 0. The number of rotatable bonds is 6. The molecule has 10 nitrogen and oxygen atoms in total. The minimum absolute atomic E-state index is 0.0116. The van der Waals surface area contributed by atoms with Crippen LogP contribution in [0.3, 0.4) is 0 Å². The van der Waals surface area contributed by atoms with E-state index in [-0.39, 0.29) is 50.6 Å². The van der Waals surface area contributed by atoms with Crippen LogP contribution in [0, 0.1) is 5.82 Å². The molecule has 5 rings (SSSR count). The monoisotopic (exact) mass is 646 g/mol. The van der Waals surface area contributed by atoms with Gasteiger partial charge in [-0.15, -0.1) is 5.10 Å². The molecule has 0 spiro atoms. The van der Waals surface area contributed by atoms with E-state index < -0.39 is 49.7 Å². The molecule has 3 heterocycles. The molecule has 2 aromatic heterocycles. The average Bonchev–Trinajstić information content (AvgIpc) is 3.34. The first-order chi connectivity index (χ1) is 19.6. The summed E-state index contributed by atoms with van der Waals surface area (Å²) in [7, 11) is -8.20.